The van der Waals surface area contributed by atoms with Gasteiger partial charge in [-0.05, 0) is 45.3 Å². The molecule has 0 atom stereocenters. The highest BCUT2D eigenvalue weighted by atomic mass is 35.5. The number of rotatable bonds is 6. The topological polar surface area (TPSA) is 106 Å². The van der Waals surface area contributed by atoms with E-state index in [1.807, 2.05) is 13.8 Å². The molecular weight excluding hydrogens is 384 g/mol. The van der Waals surface area contributed by atoms with E-state index < -0.39 is 4.92 Å². The number of nitrogens with one attached hydrogen (secondary N) is 1. The van der Waals surface area contributed by atoms with Crippen molar-refractivity contribution in [2.24, 2.45) is 0 Å². The van der Waals surface area contributed by atoms with Crippen LogP contribution < -0.4 is 5.32 Å². The summed E-state index contributed by atoms with van der Waals surface area (Å²) in [6.45, 7) is 6.09. The second-order valence-corrected chi connectivity index (χ2v) is 7.02. The lowest BCUT2D eigenvalue weighted by Gasteiger charge is -2.26. The zero-order valence-electron chi connectivity index (χ0n) is 15.9. The Hall–Kier alpha value is -2.52. The van der Waals surface area contributed by atoms with Crippen LogP contribution in [0.4, 0.5) is 5.69 Å². The molecule has 10 heteroatoms. The van der Waals surface area contributed by atoms with Gasteiger partial charge in [-0.3, -0.25) is 14.9 Å². The summed E-state index contributed by atoms with van der Waals surface area (Å²) in [4.78, 5) is 25.0. The largest absolute Gasteiger partial charge is 0.330 e. The highest BCUT2D eigenvalue weighted by molar-refractivity contribution is 5.92. The molecule has 2 heterocycles. The molecule has 0 spiro atoms. The molecule has 0 aliphatic carbocycles. The van der Waals surface area contributed by atoms with Crippen LogP contribution in [0.1, 0.15) is 48.8 Å². The van der Waals surface area contributed by atoms with Crippen molar-refractivity contribution in [1.82, 2.24) is 25.2 Å². The molecule has 0 radical (unpaired) electrons. The Bertz CT molecular complexity index is 802. The predicted octanol–water partition coefficient (Wildman–Crippen LogP) is 2.58. The summed E-state index contributed by atoms with van der Waals surface area (Å²) in [6, 6.07) is 6.47. The van der Waals surface area contributed by atoms with Crippen LogP contribution in [0.3, 0.4) is 0 Å². The lowest BCUT2D eigenvalue weighted by molar-refractivity contribution is -0.384. The van der Waals surface area contributed by atoms with Gasteiger partial charge in [0.05, 0.1) is 17.2 Å². The third kappa shape index (κ3) is 5.05. The summed E-state index contributed by atoms with van der Waals surface area (Å²) in [6.07, 6.45) is 3.66. The second kappa shape index (κ2) is 9.61. The first-order valence-corrected chi connectivity index (χ1v) is 9.12. The minimum Gasteiger partial charge on any atom is -0.330 e. The van der Waals surface area contributed by atoms with Crippen molar-refractivity contribution in [1.29, 1.82) is 0 Å². The summed E-state index contributed by atoms with van der Waals surface area (Å²) in [5, 5.41) is 22.3. The van der Waals surface area contributed by atoms with E-state index in [0.29, 0.717) is 12.2 Å². The molecule has 0 saturated carbocycles. The Labute approximate surface area is 169 Å². The Morgan fingerprint density at radius 1 is 1.32 bits per heavy atom. The van der Waals surface area contributed by atoms with Gasteiger partial charge in [0.25, 0.3) is 11.6 Å². The molecule has 0 unspecified atom stereocenters. The zero-order valence-corrected chi connectivity index (χ0v) is 16.8. The van der Waals surface area contributed by atoms with E-state index >= 15 is 0 Å². The molecule has 1 aromatic heterocycles. The Morgan fingerprint density at radius 2 is 1.96 bits per heavy atom. The zero-order chi connectivity index (χ0) is 19.4. The van der Waals surface area contributed by atoms with Crippen LogP contribution in [0.2, 0.25) is 0 Å². The Morgan fingerprint density at radius 3 is 2.54 bits per heavy atom. The molecule has 2 aromatic rings. The van der Waals surface area contributed by atoms with Crippen LogP contribution in [0.5, 0.6) is 0 Å². The number of nitro groups is 1. The van der Waals surface area contributed by atoms with E-state index in [-0.39, 0.29) is 36.1 Å². The first kappa shape index (κ1) is 21.8. The average molecular weight is 409 g/mol. The number of carbonyl (C=O) groups excluding carboxylic acids is 1. The summed E-state index contributed by atoms with van der Waals surface area (Å²) >= 11 is 0. The number of nitro benzene ring substituents is 1. The van der Waals surface area contributed by atoms with Gasteiger partial charge in [0, 0.05) is 24.7 Å². The number of benzene rings is 1. The highest BCUT2D eigenvalue weighted by Gasteiger charge is 2.24. The molecule has 1 aliphatic heterocycles. The highest BCUT2D eigenvalue weighted by Crippen LogP contribution is 2.19. The maximum atomic E-state index is 13.0. The first-order valence-electron chi connectivity index (χ1n) is 9.12. The van der Waals surface area contributed by atoms with E-state index in [9.17, 15) is 14.9 Å². The molecule has 0 bridgehead atoms. The molecule has 3 rings (SSSR count). The molecule has 28 heavy (non-hydrogen) atoms. The standard InChI is InChI=1S/C18H24N6O3.ClH/c1-13(2)22(11-14-3-5-16(6-4-14)24(26)27)18(25)17-12-23(21-20-17)15-7-9-19-10-8-15;/h3-6,12-13,15,19H,7-11H2,1-2H3;1H. The number of hydrogen-bond donors (Lipinski definition) is 1. The van der Waals surface area contributed by atoms with Gasteiger partial charge in [-0.25, -0.2) is 4.68 Å². The van der Waals surface area contributed by atoms with Crippen molar-refractivity contribution in [2.45, 2.75) is 45.3 Å². The maximum absolute atomic E-state index is 13.0. The fraction of sp³-hybridized carbons (Fsp3) is 0.500. The lowest BCUT2D eigenvalue weighted by atomic mass is 10.1. The minimum absolute atomic E-state index is 0. The van der Waals surface area contributed by atoms with Crippen LogP contribution in [0, 0.1) is 10.1 Å². The normalized spacial score (nSPS) is 14.5. The summed E-state index contributed by atoms with van der Waals surface area (Å²) < 4.78 is 1.79. The predicted molar refractivity (Wildman–Crippen MR) is 107 cm³/mol. The number of non-ortho nitro benzene ring substituents is 1. The summed E-state index contributed by atoms with van der Waals surface area (Å²) in [7, 11) is 0. The maximum Gasteiger partial charge on any atom is 0.276 e. The van der Waals surface area contributed by atoms with Crippen molar-refractivity contribution in [3.05, 3.63) is 51.8 Å². The van der Waals surface area contributed by atoms with E-state index in [4.69, 9.17) is 0 Å². The van der Waals surface area contributed by atoms with Gasteiger partial charge in [-0.2, -0.15) is 0 Å². The quantitative estimate of drug-likeness (QED) is 0.581. The van der Waals surface area contributed by atoms with Crippen molar-refractivity contribution >= 4 is 24.0 Å². The third-order valence-electron chi connectivity index (χ3n) is 4.80. The van der Waals surface area contributed by atoms with Gasteiger partial charge in [0.15, 0.2) is 5.69 Å². The average Bonchev–Trinajstić information content (AvgIpc) is 3.16. The molecule has 1 aromatic carbocycles. The molecule has 1 saturated heterocycles. The van der Waals surface area contributed by atoms with Gasteiger partial charge in [0.1, 0.15) is 0 Å². The molecule has 1 fully saturated rings. The number of carbonyl (C=O) groups is 1. The second-order valence-electron chi connectivity index (χ2n) is 7.02. The van der Waals surface area contributed by atoms with Crippen LogP contribution in [-0.4, -0.2) is 49.9 Å². The van der Waals surface area contributed by atoms with Crippen molar-refractivity contribution in [2.75, 3.05) is 13.1 Å². The number of hydrogen-bond acceptors (Lipinski definition) is 6. The number of piperidine rings is 1. The number of nitrogens with zero attached hydrogens (tertiary/aromatic N) is 5. The van der Waals surface area contributed by atoms with E-state index in [1.165, 1.54) is 12.1 Å². The van der Waals surface area contributed by atoms with Crippen molar-refractivity contribution in [3.63, 3.8) is 0 Å². The molecular formula is C18H25ClN6O3. The van der Waals surface area contributed by atoms with Gasteiger partial charge >= 0.3 is 0 Å². The van der Waals surface area contributed by atoms with Gasteiger partial charge in [0.2, 0.25) is 0 Å². The van der Waals surface area contributed by atoms with Gasteiger partial charge in [-0.15, -0.1) is 17.5 Å². The Balaban J connectivity index is 0.00000280. The SMILES string of the molecule is CC(C)N(Cc1ccc([N+](=O)[O-])cc1)C(=O)c1cn(C2CCNCC2)nn1.Cl. The molecule has 152 valence electrons. The fourth-order valence-electron chi connectivity index (χ4n) is 3.18. The number of aromatic nitrogens is 3. The van der Waals surface area contributed by atoms with Crippen molar-refractivity contribution in [3.8, 4) is 0 Å². The Kier molecular flexibility index (Phi) is 7.47. The van der Waals surface area contributed by atoms with Crippen LogP contribution in [0.25, 0.3) is 0 Å². The smallest absolute Gasteiger partial charge is 0.276 e. The molecule has 1 N–H and O–H groups in total. The van der Waals surface area contributed by atoms with Gasteiger partial charge in [-0.1, -0.05) is 17.3 Å². The van der Waals surface area contributed by atoms with Crippen LogP contribution in [0.15, 0.2) is 30.5 Å². The molecule has 9 nitrogen and oxygen atoms in total. The number of amides is 1. The van der Waals surface area contributed by atoms with Crippen LogP contribution in [-0.2, 0) is 6.54 Å². The van der Waals surface area contributed by atoms with E-state index in [1.54, 1.807) is 27.9 Å². The minimum atomic E-state index is -0.436. The van der Waals surface area contributed by atoms with Crippen LogP contribution >= 0.6 is 12.4 Å². The van der Waals surface area contributed by atoms with Gasteiger partial charge < -0.3 is 10.2 Å². The number of halogens is 1. The summed E-state index contributed by atoms with van der Waals surface area (Å²) in [5.74, 6) is -0.191. The monoisotopic (exact) mass is 408 g/mol. The molecule has 1 aliphatic rings. The van der Waals surface area contributed by atoms with Crippen molar-refractivity contribution < 1.29 is 9.72 Å². The lowest BCUT2D eigenvalue weighted by Crippen LogP contribution is -2.36. The molecule has 1 amide bonds. The van der Waals surface area contributed by atoms with E-state index in [2.05, 4.69) is 15.6 Å². The first-order chi connectivity index (χ1) is 13.0. The third-order valence-corrected chi connectivity index (χ3v) is 4.80. The van der Waals surface area contributed by atoms with E-state index in [0.717, 1.165) is 31.5 Å². The summed E-state index contributed by atoms with van der Waals surface area (Å²) in [5.41, 5.74) is 1.18. The fourth-order valence-corrected chi connectivity index (χ4v) is 3.18.